The minimum Gasteiger partial charge on any atom is -0.489 e. The molecule has 0 aromatic heterocycles. The van der Waals surface area contributed by atoms with Crippen LogP contribution in [-0.2, 0) is 16.1 Å². The predicted octanol–water partition coefficient (Wildman–Crippen LogP) is 5.89. The summed E-state index contributed by atoms with van der Waals surface area (Å²) in [4.78, 5) is 12.9. The summed E-state index contributed by atoms with van der Waals surface area (Å²) in [5, 5.41) is 3.02. The van der Waals surface area contributed by atoms with Crippen LogP contribution in [-0.4, -0.2) is 18.1 Å². The summed E-state index contributed by atoms with van der Waals surface area (Å²) in [5.41, 5.74) is 2.07. The van der Waals surface area contributed by atoms with Crippen LogP contribution in [0.15, 0.2) is 48.5 Å². The van der Waals surface area contributed by atoms with E-state index in [0.29, 0.717) is 19.6 Å². The predicted molar refractivity (Wildman–Crippen MR) is 115 cm³/mol. The van der Waals surface area contributed by atoms with Crippen LogP contribution < -0.4 is 10.1 Å². The fourth-order valence-corrected chi connectivity index (χ4v) is 2.98. The third-order valence-electron chi connectivity index (χ3n) is 4.78. The normalized spacial score (nSPS) is 13.0. The van der Waals surface area contributed by atoms with Crippen molar-refractivity contribution in [2.24, 2.45) is 0 Å². The highest BCUT2D eigenvalue weighted by atomic mass is 16.5. The first kappa shape index (κ1) is 22.0. The number of unbranched alkanes of at least 4 members (excludes halogenated alkanes) is 1. The Kier molecular flexibility index (Phi) is 8.52. The molecule has 0 spiro atoms. The lowest BCUT2D eigenvalue weighted by molar-refractivity contribution is -0.140. The van der Waals surface area contributed by atoms with E-state index in [1.54, 1.807) is 0 Å². The Labute approximate surface area is 169 Å². The summed E-state index contributed by atoms with van der Waals surface area (Å²) in [6.07, 6.45) is 3.60. The van der Waals surface area contributed by atoms with Crippen molar-refractivity contribution < 1.29 is 14.3 Å². The van der Waals surface area contributed by atoms with Crippen LogP contribution in [0.3, 0.4) is 0 Å². The summed E-state index contributed by atoms with van der Waals surface area (Å²) in [6, 6.07) is 15.8. The second-order valence-electron chi connectivity index (χ2n) is 7.39. The number of amides is 1. The molecule has 2 aromatic rings. The van der Waals surface area contributed by atoms with Crippen LogP contribution in [0, 0.1) is 6.92 Å². The lowest BCUT2D eigenvalue weighted by Crippen LogP contribution is -2.43. The lowest BCUT2D eigenvalue weighted by Gasteiger charge is -2.28. The van der Waals surface area contributed by atoms with Crippen molar-refractivity contribution in [2.75, 3.05) is 11.9 Å². The fourth-order valence-electron chi connectivity index (χ4n) is 2.98. The average molecular weight is 384 g/mol. The molecule has 4 nitrogen and oxygen atoms in total. The maximum atomic E-state index is 12.9. The van der Waals surface area contributed by atoms with Gasteiger partial charge in [-0.1, -0.05) is 57.0 Å². The standard InChI is InChI=1S/C24H33NO3/c1-5-7-15-24(4,28-16-6-2)23(26)25-21-13-14-22(19(3)17-21)27-18-20-11-9-8-10-12-20/h8-14,17H,5-7,15-16,18H2,1-4H3,(H,25,26)/t24-/m1/s1. The third-order valence-corrected chi connectivity index (χ3v) is 4.78. The molecular formula is C24H33NO3. The van der Waals surface area contributed by atoms with Crippen molar-refractivity contribution in [3.05, 3.63) is 59.7 Å². The Morgan fingerprint density at radius 1 is 1.07 bits per heavy atom. The van der Waals surface area contributed by atoms with E-state index in [1.807, 2.05) is 62.4 Å². The van der Waals surface area contributed by atoms with E-state index >= 15 is 0 Å². The van der Waals surface area contributed by atoms with Crippen LogP contribution >= 0.6 is 0 Å². The summed E-state index contributed by atoms with van der Waals surface area (Å²) in [7, 11) is 0. The topological polar surface area (TPSA) is 47.6 Å². The SMILES string of the molecule is CCCC[C@@](C)(OCCC)C(=O)Nc1ccc(OCc2ccccc2)c(C)c1. The number of hydrogen-bond donors (Lipinski definition) is 1. The number of aryl methyl sites for hydroxylation is 1. The van der Waals surface area contributed by atoms with Gasteiger partial charge < -0.3 is 14.8 Å². The number of benzene rings is 2. The molecule has 0 heterocycles. The fraction of sp³-hybridized carbons (Fsp3) is 0.458. The molecule has 0 aliphatic heterocycles. The van der Waals surface area contributed by atoms with Crippen LogP contribution in [0.5, 0.6) is 5.75 Å². The van der Waals surface area contributed by atoms with Gasteiger partial charge >= 0.3 is 0 Å². The van der Waals surface area contributed by atoms with Crippen LogP contribution in [0.4, 0.5) is 5.69 Å². The van der Waals surface area contributed by atoms with Gasteiger partial charge in [0, 0.05) is 12.3 Å². The molecule has 0 radical (unpaired) electrons. The third kappa shape index (κ3) is 6.38. The van der Waals surface area contributed by atoms with Gasteiger partial charge in [0.25, 0.3) is 5.91 Å². The molecule has 2 aromatic carbocycles. The largest absolute Gasteiger partial charge is 0.489 e. The molecule has 0 saturated carbocycles. The first-order chi connectivity index (χ1) is 13.5. The molecule has 1 amide bonds. The lowest BCUT2D eigenvalue weighted by atomic mass is 9.97. The van der Waals surface area contributed by atoms with E-state index in [4.69, 9.17) is 9.47 Å². The first-order valence-corrected chi connectivity index (χ1v) is 10.2. The number of carbonyl (C=O) groups is 1. The molecule has 0 fully saturated rings. The first-order valence-electron chi connectivity index (χ1n) is 10.2. The van der Waals surface area contributed by atoms with Gasteiger partial charge in [0.15, 0.2) is 0 Å². The van der Waals surface area contributed by atoms with E-state index in [0.717, 1.165) is 41.8 Å². The van der Waals surface area contributed by atoms with E-state index < -0.39 is 5.60 Å². The number of nitrogens with one attached hydrogen (secondary N) is 1. The van der Waals surface area contributed by atoms with Gasteiger partial charge in [0.2, 0.25) is 0 Å². The summed E-state index contributed by atoms with van der Waals surface area (Å²) in [5.74, 6) is 0.726. The van der Waals surface area contributed by atoms with Crippen molar-refractivity contribution in [1.29, 1.82) is 0 Å². The van der Waals surface area contributed by atoms with Crippen molar-refractivity contribution in [1.82, 2.24) is 0 Å². The molecule has 0 aliphatic rings. The Bertz CT molecular complexity index is 735. The second-order valence-corrected chi connectivity index (χ2v) is 7.39. The smallest absolute Gasteiger partial charge is 0.256 e. The van der Waals surface area contributed by atoms with E-state index in [1.165, 1.54) is 0 Å². The highest BCUT2D eigenvalue weighted by Gasteiger charge is 2.33. The van der Waals surface area contributed by atoms with Crippen molar-refractivity contribution in [3.63, 3.8) is 0 Å². The van der Waals surface area contributed by atoms with Crippen LogP contribution in [0.1, 0.15) is 57.6 Å². The molecule has 0 saturated heterocycles. The van der Waals surface area contributed by atoms with Gasteiger partial charge in [0.1, 0.15) is 18.0 Å². The number of anilines is 1. The second kappa shape index (κ2) is 10.9. The van der Waals surface area contributed by atoms with Crippen molar-refractivity contribution in [3.8, 4) is 5.75 Å². The molecule has 28 heavy (non-hydrogen) atoms. The summed E-state index contributed by atoms with van der Waals surface area (Å²) in [6.45, 7) is 9.15. The van der Waals surface area contributed by atoms with Gasteiger partial charge in [-0.25, -0.2) is 0 Å². The summed E-state index contributed by atoms with van der Waals surface area (Å²) >= 11 is 0. The molecule has 0 bridgehead atoms. The zero-order valence-electron chi connectivity index (χ0n) is 17.6. The molecule has 1 atom stereocenters. The molecular weight excluding hydrogens is 350 g/mol. The molecule has 0 aliphatic carbocycles. The minimum atomic E-state index is -0.803. The molecule has 4 heteroatoms. The van der Waals surface area contributed by atoms with Crippen molar-refractivity contribution >= 4 is 11.6 Å². The van der Waals surface area contributed by atoms with E-state index in [9.17, 15) is 4.79 Å². The van der Waals surface area contributed by atoms with Crippen LogP contribution in [0.2, 0.25) is 0 Å². The number of hydrogen-bond acceptors (Lipinski definition) is 3. The zero-order valence-corrected chi connectivity index (χ0v) is 17.6. The zero-order chi connectivity index (χ0) is 20.4. The molecule has 2 rings (SSSR count). The van der Waals surface area contributed by atoms with Gasteiger partial charge in [-0.15, -0.1) is 0 Å². The number of rotatable bonds is 11. The maximum Gasteiger partial charge on any atom is 0.256 e. The van der Waals surface area contributed by atoms with Gasteiger partial charge in [0.05, 0.1) is 0 Å². The van der Waals surface area contributed by atoms with Crippen molar-refractivity contribution in [2.45, 2.75) is 65.6 Å². The minimum absolute atomic E-state index is 0.0910. The Morgan fingerprint density at radius 3 is 2.46 bits per heavy atom. The number of ether oxygens (including phenoxy) is 2. The Balaban J connectivity index is 2.02. The highest BCUT2D eigenvalue weighted by molar-refractivity contribution is 5.97. The Morgan fingerprint density at radius 2 is 1.82 bits per heavy atom. The van der Waals surface area contributed by atoms with Gasteiger partial charge in [-0.3, -0.25) is 4.79 Å². The summed E-state index contributed by atoms with van der Waals surface area (Å²) < 4.78 is 11.8. The van der Waals surface area contributed by atoms with Crippen LogP contribution in [0.25, 0.3) is 0 Å². The number of carbonyl (C=O) groups excluding carboxylic acids is 1. The van der Waals surface area contributed by atoms with Gasteiger partial charge in [-0.05, 0) is 56.0 Å². The highest BCUT2D eigenvalue weighted by Crippen LogP contribution is 2.26. The molecule has 0 unspecified atom stereocenters. The maximum absolute atomic E-state index is 12.9. The Hall–Kier alpha value is -2.33. The van der Waals surface area contributed by atoms with E-state index in [-0.39, 0.29) is 5.91 Å². The molecule has 1 N–H and O–H groups in total. The monoisotopic (exact) mass is 383 g/mol. The molecule has 152 valence electrons. The van der Waals surface area contributed by atoms with Gasteiger partial charge in [-0.2, -0.15) is 0 Å². The quantitative estimate of drug-likeness (QED) is 0.526. The average Bonchev–Trinajstić information content (AvgIpc) is 2.71. The van der Waals surface area contributed by atoms with E-state index in [2.05, 4.69) is 19.2 Å².